The highest BCUT2D eigenvalue weighted by Gasteiger charge is 2.09. The van der Waals surface area contributed by atoms with Crippen molar-refractivity contribution >= 4 is 18.3 Å². The molecule has 0 aromatic carbocycles. The van der Waals surface area contributed by atoms with E-state index in [0.29, 0.717) is 13.2 Å². The van der Waals surface area contributed by atoms with Crippen molar-refractivity contribution in [1.82, 2.24) is 10.4 Å². The normalized spacial score (nSPS) is 18.6. The number of nitrogens with one attached hydrogen (secondary N) is 1. The first-order chi connectivity index (χ1) is 4.79. The molecule has 0 unspecified atom stereocenters. The molecule has 0 saturated carbocycles. The van der Waals surface area contributed by atoms with Crippen LogP contribution in [0.1, 0.15) is 6.92 Å². The summed E-state index contributed by atoms with van der Waals surface area (Å²) in [6, 6.07) is 0. The fraction of sp³-hybridized carbons (Fsp3) is 0.833. The van der Waals surface area contributed by atoms with Crippen molar-refractivity contribution in [2.24, 2.45) is 0 Å². The number of carbonyl (C=O) groups is 1. The van der Waals surface area contributed by atoms with Crippen molar-refractivity contribution in [1.29, 1.82) is 0 Å². The molecule has 1 aliphatic rings. The lowest BCUT2D eigenvalue weighted by Crippen LogP contribution is -2.47. The molecule has 1 fully saturated rings. The predicted octanol–water partition coefficient (Wildman–Crippen LogP) is -0.208. The Balaban J connectivity index is 0.000001000. The van der Waals surface area contributed by atoms with Crippen LogP contribution in [0.4, 0.5) is 0 Å². The van der Waals surface area contributed by atoms with Crippen molar-refractivity contribution in [3.8, 4) is 0 Å². The Bertz CT molecular complexity index is 126. The van der Waals surface area contributed by atoms with Gasteiger partial charge < -0.3 is 4.74 Å². The van der Waals surface area contributed by atoms with Gasteiger partial charge in [0.25, 0.3) is 0 Å². The van der Waals surface area contributed by atoms with E-state index in [1.807, 2.05) is 5.01 Å². The molecule has 1 aliphatic heterocycles. The zero-order valence-electron chi connectivity index (χ0n) is 6.50. The van der Waals surface area contributed by atoms with Crippen LogP contribution < -0.4 is 5.43 Å². The first-order valence-corrected chi connectivity index (χ1v) is 3.39. The maximum atomic E-state index is 10.5. The van der Waals surface area contributed by atoms with Crippen molar-refractivity contribution in [2.45, 2.75) is 6.92 Å². The second-order valence-corrected chi connectivity index (χ2v) is 2.27. The van der Waals surface area contributed by atoms with E-state index in [1.165, 1.54) is 6.92 Å². The first kappa shape index (κ1) is 10.7. The zero-order valence-corrected chi connectivity index (χ0v) is 7.32. The summed E-state index contributed by atoms with van der Waals surface area (Å²) in [5.41, 5.74) is 2.70. The van der Waals surface area contributed by atoms with Crippen molar-refractivity contribution in [3.63, 3.8) is 0 Å². The zero-order chi connectivity index (χ0) is 7.40. The summed E-state index contributed by atoms with van der Waals surface area (Å²) < 4.78 is 5.09. The molecule has 5 heteroatoms. The van der Waals surface area contributed by atoms with Gasteiger partial charge in [-0.3, -0.25) is 10.2 Å². The number of hydrogen-bond donors (Lipinski definition) is 1. The number of halogens is 1. The van der Waals surface area contributed by atoms with Crippen LogP contribution in [-0.4, -0.2) is 37.2 Å². The molecule has 1 rings (SSSR count). The summed E-state index contributed by atoms with van der Waals surface area (Å²) in [5, 5.41) is 1.87. The van der Waals surface area contributed by atoms with Gasteiger partial charge in [-0.05, 0) is 0 Å². The molecule has 0 spiro atoms. The topological polar surface area (TPSA) is 41.6 Å². The van der Waals surface area contributed by atoms with Crippen LogP contribution in [0.15, 0.2) is 0 Å². The van der Waals surface area contributed by atoms with Gasteiger partial charge in [0.1, 0.15) is 0 Å². The average molecular weight is 181 g/mol. The van der Waals surface area contributed by atoms with Gasteiger partial charge >= 0.3 is 0 Å². The molecular weight excluding hydrogens is 168 g/mol. The van der Waals surface area contributed by atoms with E-state index in [0.717, 1.165) is 13.1 Å². The SMILES string of the molecule is CC(=O)NN1CCOCC1.Cl. The third kappa shape index (κ3) is 4.19. The van der Waals surface area contributed by atoms with Gasteiger partial charge in [0.2, 0.25) is 5.91 Å². The lowest BCUT2D eigenvalue weighted by Gasteiger charge is -2.26. The first-order valence-electron chi connectivity index (χ1n) is 3.39. The molecule has 0 atom stereocenters. The van der Waals surface area contributed by atoms with E-state index < -0.39 is 0 Å². The molecule has 1 heterocycles. The van der Waals surface area contributed by atoms with Crippen molar-refractivity contribution in [2.75, 3.05) is 26.3 Å². The number of hydrogen-bond acceptors (Lipinski definition) is 3. The van der Waals surface area contributed by atoms with E-state index in [4.69, 9.17) is 4.74 Å². The summed E-state index contributed by atoms with van der Waals surface area (Å²) >= 11 is 0. The van der Waals surface area contributed by atoms with Crippen LogP contribution in [0.2, 0.25) is 0 Å². The van der Waals surface area contributed by atoms with E-state index in [1.54, 1.807) is 0 Å². The van der Waals surface area contributed by atoms with Gasteiger partial charge in [-0.25, -0.2) is 5.01 Å². The molecule has 1 amide bonds. The molecule has 1 saturated heterocycles. The number of rotatable bonds is 1. The third-order valence-corrected chi connectivity index (χ3v) is 1.33. The summed E-state index contributed by atoms with van der Waals surface area (Å²) in [6.07, 6.45) is 0. The highest BCUT2D eigenvalue weighted by molar-refractivity contribution is 5.85. The minimum absolute atomic E-state index is 0. The predicted molar refractivity (Wildman–Crippen MR) is 43.5 cm³/mol. The highest BCUT2D eigenvalue weighted by Crippen LogP contribution is 1.91. The molecule has 4 nitrogen and oxygen atoms in total. The molecule has 11 heavy (non-hydrogen) atoms. The molecular formula is C6H13ClN2O2. The molecule has 0 aromatic heterocycles. The Morgan fingerprint density at radius 3 is 2.45 bits per heavy atom. The third-order valence-electron chi connectivity index (χ3n) is 1.33. The second kappa shape index (κ2) is 5.35. The fourth-order valence-electron chi connectivity index (χ4n) is 0.898. The summed E-state index contributed by atoms with van der Waals surface area (Å²) in [6.45, 7) is 4.51. The Morgan fingerprint density at radius 1 is 1.45 bits per heavy atom. The summed E-state index contributed by atoms with van der Waals surface area (Å²) in [4.78, 5) is 10.5. The molecule has 0 aromatic rings. The summed E-state index contributed by atoms with van der Waals surface area (Å²) in [7, 11) is 0. The number of amides is 1. The molecule has 0 aliphatic carbocycles. The van der Waals surface area contributed by atoms with Gasteiger partial charge in [-0.1, -0.05) is 0 Å². The smallest absolute Gasteiger partial charge is 0.231 e. The van der Waals surface area contributed by atoms with E-state index in [2.05, 4.69) is 5.43 Å². The number of nitrogens with zero attached hydrogens (tertiary/aromatic N) is 1. The molecule has 0 bridgehead atoms. The van der Waals surface area contributed by atoms with Gasteiger partial charge in [0, 0.05) is 20.0 Å². The second-order valence-electron chi connectivity index (χ2n) is 2.27. The van der Waals surface area contributed by atoms with Crippen LogP contribution in [0.25, 0.3) is 0 Å². The number of ether oxygens (including phenoxy) is 1. The number of carbonyl (C=O) groups excluding carboxylic acids is 1. The standard InChI is InChI=1S/C6H12N2O2.ClH/c1-6(9)7-8-2-4-10-5-3-8;/h2-5H2,1H3,(H,7,9);1H. The van der Waals surface area contributed by atoms with Crippen molar-refractivity contribution < 1.29 is 9.53 Å². The van der Waals surface area contributed by atoms with Crippen LogP contribution in [0, 0.1) is 0 Å². The van der Waals surface area contributed by atoms with Gasteiger partial charge in [-0.15, -0.1) is 12.4 Å². The van der Waals surface area contributed by atoms with Crippen LogP contribution in [0.3, 0.4) is 0 Å². The molecule has 1 N–H and O–H groups in total. The quantitative estimate of drug-likeness (QED) is 0.608. The fourth-order valence-corrected chi connectivity index (χ4v) is 0.898. The Labute approximate surface area is 72.3 Å². The van der Waals surface area contributed by atoms with Crippen LogP contribution in [-0.2, 0) is 9.53 Å². The van der Waals surface area contributed by atoms with E-state index in [9.17, 15) is 4.79 Å². The highest BCUT2D eigenvalue weighted by atomic mass is 35.5. The average Bonchev–Trinajstić information content (AvgIpc) is 1.88. The monoisotopic (exact) mass is 180 g/mol. The van der Waals surface area contributed by atoms with Gasteiger partial charge in [0.15, 0.2) is 0 Å². The summed E-state index contributed by atoms with van der Waals surface area (Å²) in [5.74, 6) is -0.0121. The lowest BCUT2D eigenvalue weighted by molar-refractivity contribution is -0.125. The maximum Gasteiger partial charge on any atom is 0.231 e. The number of hydrazine groups is 1. The van der Waals surface area contributed by atoms with E-state index >= 15 is 0 Å². The Kier molecular flexibility index (Phi) is 5.19. The van der Waals surface area contributed by atoms with E-state index in [-0.39, 0.29) is 18.3 Å². The Morgan fingerprint density at radius 2 is 2.00 bits per heavy atom. The maximum absolute atomic E-state index is 10.5. The molecule has 0 radical (unpaired) electrons. The van der Waals surface area contributed by atoms with Crippen LogP contribution >= 0.6 is 12.4 Å². The van der Waals surface area contributed by atoms with Crippen LogP contribution in [0.5, 0.6) is 0 Å². The minimum Gasteiger partial charge on any atom is -0.379 e. The van der Waals surface area contributed by atoms with Gasteiger partial charge in [-0.2, -0.15) is 0 Å². The Hall–Kier alpha value is -0.320. The number of morpholine rings is 1. The minimum atomic E-state index is -0.0121. The van der Waals surface area contributed by atoms with Crippen molar-refractivity contribution in [3.05, 3.63) is 0 Å². The lowest BCUT2D eigenvalue weighted by atomic mass is 10.5. The largest absolute Gasteiger partial charge is 0.379 e. The molecule has 66 valence electrons. The van der Waals surface area contributed by atoms with Gasteiger partial charge in [0.05, 0.1) is 13.2 Å².